The number of allylic oxidation sites excluding steroid dienone is 2. The number of alkyl halides is 6. The van der Waals surface area contributed by atoms with Gasteiger partial charge in [0.05, 0.1) is 24.0 Å². The van der Waals surface area contributed by atoms with E-state index in [4.69, 9.17) is 4.74 Å². The van der Waals surface area contributed by atoms with Gasteiger partial charge in [0.25, 0.3) is 11.1 Å². The van der Waals surface area contributed by atoms with E-state index in [9.17, 15) is 46.6 Å². The van der Waals surface area contributed by atoms with Gasteiger partial charge in [-0.3, -0.25) is 20.2 Å². The van der Waals surface area contributed by atoms with Gasteiger partial charge in [-0.05, 0) is 61.1 Å². The Morgan fingerprint density at radius 3 is 1.36 bits per heavy atom. The Morgan fingerprint density at radius 2 is 1.04 bits per heavy atom. The van der Waals surface area contributed by atoms with E-state index < -0.39 is 68.4 Å². The minimum atomic E-state index is -4.85. The lowest BCUT2D eigenvalue weighted by Gasteiger charge is -2.32. The molecule has 0 radical (unpaired) electrons. The Bertz CT molecular complexity index is 1520. The van der Waals surface area contributed by atoms with Crippen LogP contribution in [0.5, 0.6) is 0 Å². The quantitative estimate of drug-likeness (QED) is 0.128. The lowest BCUT2D eigenvalue weighted by atomic mass is 9.76. The van der Waals surface area contributed by atoms with Gasteiger partial charge in [0.1, 0.15) is 11.5 Å². The molecular formula is C34H34F6N2O5. The van der Waals surface area contributed by atoms with Crippen molar-refractivity contribution in [3.63, 3.8) is 0 Å². The number of ether oxygens (including phenoxy) is 1. The molecule has 0 saturated heterocycles. The number of benzene rings is 2. The van der Waals surface area contributed by atoms with Crippen LogP contribution in [0.4, 0.5) is 26.3 Å². The van der Waals surface area contributed by atoms with Gasteiger partial charge in [0.2, 0.25) is 0 Å². The molecule has 2 aromatic rings. The lowest BCUT2D eigenvalue weighted by molar-refractivity contribution is -0.564. The van der Waals surface area contributed by atoms with E-state index in [1.807, 2.05) is 13.8 Å². The smallest absolute Gasteiger partial charge is 0.416 e. The molecule has 0 aliphatic heterocycles. The van der Waals surface area contributed by atoms with Gasteiger partial charge < -0.3 is 4.74 Å². The van der Waals surface area contributed by atoms with Crippen LogP contribution in [-0.2, 0) is 28.2 Å². The van der Waals surface area contributed by atoms with Crippen molar-refractivity contribution < 1.29 is 40.9 Å². The monoisotopic (exact) mass is 664 g/mol. The molecule has 0 aromatic heterocycles. The molecule has 2 aliphatic rings. The third-order valence-electron chi connectivity index (χ3n) is 8.62. The first-order valence-corrected chi connectivity index (χ1v) is 15.2. The number of nitrogens with zero attached hydrogens (tertiary/aromatic N) is 2. The first kappa shape index (κ1) is 35.4. The molecule has 2 atom stereocenters. The summed E-state index contributed by atoms with van der Waals surface area (Å²) in [6.45, 7) is 3.76. The highest BCUT2D eigenvalue weighted by Crippen LogP contribution is 2.48. The van der Waals surface area contributed by atoms with Gasteiger partial charge in [-0.1, -0.05) is 63.1 Å². The summed E-state index contributed by atoms with van der Waals surface area (Å²) >= 11 is 0. The molecule has 0 amide bonds. The Balaban J connectivity index is 1.81. The van der Waals surface area contributed by atoms with Gasteiger partial charge >= 0.3 is 12.4 Å². The summed E-state index contributed by atoms with van der Waals surface area (Å²) in [5.41, 5.74) is -7.01. The highest BCUT2D eigenvalue weighted by Gasteiger charge is 2.52. The number of nitro groups is 2. The van der Waals surface area contributed by atoms with Crippen molar-refractivity contribution in [1.29, 1.82) is 0 Å². The maximum Gasteiger partial charge on any atom is 0.416 e. The molecule has 0 fully saturated rings. The Morgan fingerprint density at radius 1 is 0.681 bits per heavy atom. The van der Waals surface area contributed by atoms with Crippen LogP contribution in [0, 0.1) is 20.2 Å². The second-order valence-electron chi connectivity index (χ2n) is 11.7. The number of unbranched alkanes of at least 4 members (excludes halogenated alkanes) is 2. The zero-order valence-corrected chi connectivity index (χ0v) is 25.8. The number of hydrogen-bond acceptors (Lipinski definition) is 5. The normalized spacial score (nSPS) is 21.7. The van der Waals surface area contributed by atoms with Crippen LogP contribution in [0.2, 0.25) is 0 Å². The fourth-order valence-corrected chi connectivity index (χ4v) is 6.17. The summed E-state index contributed by atoms with van der Waals surface area (Å²) in [7, 11) is 0. The predicted molar refractivity (Wildman–Crippen MR) is 162 cm³/mol. The summed E-state index contributed by atoms with van der Waals surface area (Å²) in [6, 6.07) is 8.70. The van der Waals surface area contributed by atoms with Gasteiger partial charge in [-0.25, -0.2) is 0 Å². The zero-order chi connectivity index (χ0) is 34.6. The van der Waals surface area contributed by atoms with Gasteiger partial charge in [-0.15, -0.1) is 0 Å². The average molecular weight is 665 g/mol. The summed E-state index contributed by atoms with van der Waals surface area (Å²) < 4.78 is 90.2. The van der Waals surface area contributed by atoms with Crippen molar-refractivity contribution in [3.05, 3.63) is 138 Å². The lowest BCUT2D eigenvalue weighted by Crippen LogP contribution is -2.38. The minimum Gasteiger partial charge on any atom is -0.457 e. The van der Waals surface area contributed by atoms with Gasteiger partial charge in [0, 0.05) is 33.1 Å². The van der Waals surface area contributed by atoms with E-state index >= 15 is 0 Å². The second-order valence-corrected chi connectivity index (χ2v) is 11.7. The molecule has 0 saturated carbocycles. The molecule has 2 aliphatic carbocycles. The van der Waals surface area contributed by atoms with Gasteiger partial charge in [0.15, 0.2) is 0 Å². The molecule has 7 nitrogen and oxygen atoms in total. The largest absolute Gasteiger partial charge is 0.457 e. The van der Waals surface area contributed by atoms with Crippen molar-refractivity contribution >= 4 is 0 Å². The van der Waals surface area contributed by atoms with Gasteiger partial charge in [-0.2, -0.15) is 26.3 Å². The molecule has 0 N–H and O–H groups in total. The Hall–Kier alpha value is -4.42. The molecular weight excluding hydrogens is 630 g/mol. The molecule has 4 rings (SSSR count). The van der Waals surface area contributed by atoms with Crippen LogP contribution in [0.25, 0.3) is 0 Å². The van der Waals surface area contributed by atoms with Crippen LogP contribution in [0.3, 0.4) is 0 Å². The standard InChI is InChI=1S/C34H34F6N2O5/c1-3-5-11-23-21-31(41(43)44,25-13-7-9-15-27(25)33(35,36)37)19-17-29(23)47-30-18-20-32(42(45)46,22-24(30)12-6-4-2)26-14-8-10-16-28(26)34(38,39)40/h7-10,13-20H,3-6,11-12,21-22H2,1-2H3. The Kier molecular flexibility index (Phi) is 10.4. The first-order valence-electron chi connectivity index (χ1n) is 15.2. The topological polar surface area (TPSA) is 95.5 Å². The van der Waals surface area contributed by atoms with Crippen molar-refractivity contribution in [2.24, 2.45) is 0 Å². The van der Waals surface area contributed by atoms with E-state index in [0.29, 0.717) is 36.8 Å². The average Bonchev–Trinajstić information content (AvgIpc) is 3.02. The first-order chi connectivity index (χ1) is 22.1. The van der Waals surface area contributed by atoms with Crippen molar-refractivity contribution in [2.75, 3.05) is 0 Å². The molecule has 0 heterocycles. The fourth-order valence-electron chi connectivity index (χ4n) is 6.17. The molecule has 252 valence electrons. The number of hydrogen-bond donors (Lipinski definition) is 0. The third kappa shape index (κ3) is 7.13. The van der Waals surface area contributed by atoms with Crippen molar-refractivity contribution in [1.82, 2.24) is 0 Å². The molecule has 47 heavy (non-hydrogen) atoms. The van der Waals surface area contributed by atoms with Crippen LogP contribution < -0.4 is 0 Å². The van der Waals surface area contributed by atoms with Crippen LogP contribution >= 0.6 is 0 Å². The third-order valence-corrected chi connectivity index (χ3v) is 8.62. The van der Waals surface area contributed by atoms with Crippen molar-refractivity contribution in [2.45, 2.75) is 88.6 Å². The highest BCUT2D eigenvalue weighted by molar-refractivity contribution is 5.46. The fraction of sp³-hybridized carbons (Fsp3) is 0.412. The maximum atomic E-state index is 14.0. The summed E-state index contributed by atoms with van der Waals surface area (Å²) in [4.78, 5) is 23.7. The zero-order valence-electron chi connectivity index (χ0n) is 25.8. The van der Waals surface area contributed by atoms with Crippen LogP contribution in [0.1, 0.15) is 87.5 Å². The minimum absolute atomic E-state index is 0.151. The molecule has 2 unspecified atom stereocenters. The predicted octanol–water partition coefficient (Wildman–Crippen LogP) is 10.2. The SMILES string of the molecule is CCCCC1=C(OC2=C(CCCC)CC(c3ccccc3C(F)(F)F)([N+](=O)[O-])C=C2)C=CC(c2ccccc2C(F)(F)F)([N+](=O)[O-])C1. The molecule has 13 heteroatoms. The van der Waals surface area contributed by atoms with E-state index in [1.165, 1.54) is 24.3 Å². The molecule has 2 aromatic carbocycles. The van der Waals surface area contributed by atoms with E-state index in [0.717, 1.165) is 48.6 Å². The highest BCUT2D eigenvalue weighted by atomic mass is 19.4. The molecule has 0 spiro atoms. The van der Waals surface area contributed by atoms with E-state index in [2.05, 4.69) is 0 Å². The summed E-state index contributed by atoms with van der Waals surface area (Å²) in [5, 5.41) is 25.1. The van der Waals surface area contributed by atoms with E-state index in [1.54, 1.807) is 0 Å². The van der Waals surface area contributed by atoms with Crippen molar-refractivity contribution in [3.8, 4) is 0 Å². The van der Waals surface area contributed by atoms with Crippen LogP contribution in [-0.4, -0.2) is 9.85 Å². The summed E-state index contributed by atoms with van der Waals surface area (Å²) in [5.74, 6) is 0.303. The molecule has 0 bridgehead atoms. The Labute approximate surface area is 267 Å². The number of rotatable bonds is 12. The van der Waals surface area contributed by atoms with E-state index in [-0.39, 0.29) is 24.4 Å². The number of halogens is 6. The summed E-state index contributed by atoms with van der Waals surface area (Å²) in [6.07, 6.45) is -2.93. The van der Waals surface area contributed by atoms with Crippen LogP contribution in [0.15, 0.2) is 95.5 Å². The second kappa shape index (κ2) is 13.7. The maximum absolute atomic E-state index is 14.0.